The van der Waals surface area contributed by atoms with Crippen LogP contribution in [0.15, 0.2) is 54.0 Å². The first-order valence-corrected chi connectivity index (χ1v) is 8.77. The number of pyridine rings is 1. The van der Waals surface area contributed by atoms with E-state index < -0.39 is 11.7 Å². The van der Waals surface area contributed by atoms with Gasteiger partial charge in [0.05, 0.1) is 18.2 Å². The van der Waals surface area contributed by atoms with Crippen LogP contribution in [0, 0.1) is 0 Å². The summed E-state index contributed by atoms with van der Waals surface area (Å²) in [5, 5.41) is 1.76. The summed E-state index contributed by atoms with van der Waals surface area (Å²) >= 11 is 1.33. The van der Waals surface area contributed by atoms with Gasteiger partial charge in [0.15, 0.2) is 5.82 Å². The van der Waals surface area contributed by atoms with Crippen LogP contribution < -0.4 is 4.74 Å². The van der Waals surface area contributed by atoms with E-state index in [-0.39, 0.29) is 0 Å². The van der Waals surface area contributed by atoms with Crippen LogP contribution in [-0.2, 0) is 6.18 Å². The highest BCUT2D eigenvalue weighted by Gasteiger charge is 2.30. The third kappa shape index (κ3) is 3.23. The number of halogens is 3. The van der Waals surface area contributed by atoms with Gasteiger partial charge in [-0.2, -0.15) is 18.2 Å². The molecule has 0 aliphatic heterocycles. The fourth-order valence-electron chi connectivity index (χ4n) is 2.71. The molecule has 4 aromatic rings. The first-order valence-electron chi connectivity index (χ1n) is 7.89. The molecule has 0 aliphatic rings. The molecule has 1 aromatic carbocycles. The lowest BCUT2D eigenvalue weighted by Gasteiger charge is -2.09. The van der Waals surface area contributed by atoms with Crippen molar-refractivity contribution in [3.8, 4) is 28.5 Å². The number of benzene rings is 1. The van der Waals surface area contributed by atoms with Gasteiger partial charge in [0.1, 0.15) is 10.4 Å². The summed E-state index contributed by atoms with van der Waals surface area (Å²) < 4.78 is 45.3. The van der Waals surface area contributed by atoms with Crippen molar-refractivity contribution in [2.75, 3.05) is 7.11 Å². The lowest BCUT2D eigenvalue weighted by atomic mass is 10.0. The van der Waals surface area contributed by atoms with E-state index in [4.69, 9.17) is 4.74 Å². The molecule has 0 spiro atoms. The molecule has 0 unspecified atom stereocenters. The van der Waals surface area contributed by atoms with Crippen LogP contribution in [0.2, 0.25) is 0 Å². The number of alkyl halides is 3. The number of rotatable bonds is 3. The third-order valence-corrected chi connectivity index (χ3v) is 4.93. The predicted octanol–water partition coefficient (Wildman–Crippen LogP) is 5.45. The largest absolute Gasteiger partial charge is 0.480 e. The van der Waals surface area contributed by atoms with E-state index in [1.807, 2.05) is 6.07 Å². The molecule has 3 heterocycles. The summed E-state index contributed by atoms with van der Waals surface area (Å²) in [6.07, 6.45) is -2.79. The molecule has 0 amide bonds. The molecule has 27 heavy (non-hydrogen) atoms. The van der Waals surface area contributed by atoms with Gasteiger partial charge in [-0.25, -0.2) is 4.98 Å². The molecule has 0 radical (unpaired) electrons. The van der Waals surface area contributed by atoms with Gasteiger partial charge < -0.3 is 4.74 Å². The van der Waals surface area contributed by atoms with E-state index in [1.165, 1.54) is 24.5 Å². The topological polar surface area (TPSA) is 47.9 Å². The maximum absolute atomic E-state index is 13.1. The lowest BCUT2D eigenvalue weighted by molar-refractivity contribution is -0.137. The Morgan fingerprint density at radius 1 is 1.04 bits per heavy atom. The Labute approximate surface area is 156 Å². The molecule has 0 bridgehead atoms. The summed E-state index contributed by atoms with van der Waals surface area (Å²) in [6.45, 7) is 0. The summed E-state index contributed by atoms with van der Waals surface area (Å²) in [5.41, 5.74) is 1.42. The van der Waals surface area contributed by atoms with Crippen LogP contribution in [0.1, 0.15) is 5.56 Å². The van der Waals surface area contributed by atoms with Gasteiger partial charge in [-0.15, -0.1) is 11.3 Å². The fourth-order valence-corrected chi connectivity index (χ4v) is 3.69. The quantitative estimate of drug-likeness (QED) is 0.469. The molecular formula is C19H12F3N3OS. The number of thiophene rings is 1. The summed E-state index contributed by atoms with van der Waals surface area (Å²) in [5.74, 6) is 0.718. The van der Waals surface area contributed by atoms with Crippen molar-refractivity contribution in [1.82, 2.24) is 15.0 Å². The zero-order chi connectivity index (χ0) is 19.0. The van der Waals surface area contributed by atoms with Gasteiger partial charge in [-0.3, -0.25) is 4.98 Å². The number of methoxy groups -OCH3 is 1. The maximum atomic E-state index is 13.1. The molecule has 0 N–H and O–H groups in total. The molecule has 0 saturated heterocycles. The molecular weight excluding hydrogens is 375 g/mol. The van der Waals surface area contributed by atoms with Crippen LogP contribution >= 0.6 is 11.3 Å². The standard InChI is InChI=1S/C19H12F3N3OS/c1-26-18-16-15(24-17(25-18)14-7-2-3-8-23-14)13(10-27-16)11-5-4-6-12(9-11)19(20,21)22/h2-10H,1H3. The second kappa shape index (κ2) is 6.62. The summed E-state index contributed by atoms with van der Waals surface area (Å²) in [4.78, 5) is 13.2. The Hall–Kier alpha value is -3.00. The minimum Gasteiger partial charge on any atom is -0.480 e. The van der Waals surface area contributed by atoms with E-state index >= 15 is 0 Å². The van der Waals surface area contributed by atoms with Crippen LogP contribution in [-0.4, -0.2) is 22.1 Å². The fraction of sp³-hybridized carbons (Fsp3) is 0.105. The Morgan fingerprint density at radius 3 is 2.59 bits per heavy atom. The summed E-state index contributed by atoms with van der Waals surface area (Å²) in [7, 11) is 1.49. The molecule has 0 saturated carbocycles. The highest BCUT2D eigenvalue weighted by atomic mass is 32.1. The highest BCUT2D eigenvalue weighted by molar-refractivity contribution is 7.18. The molecule has 8 heteroatoms. The first-order chi connectivity index (χ1) is 13.0. The number of ether oxygens (including phenoxy) is 1. The van der Waals surface area contributed by atoms with Gasteiger partial charge in [-0.1, -0.05) is 18.2 Å². The van der Waals surface area contributed by atoms with Crippen LogP contribution in [0.5, 0.6) is 5.88 Å². The number of fused-ring (bicyclic) bond motifs is 1. The number of nitrogens with zero attached hydrogens (tertiary/aromatic N) is 3. The Bertz CT molecular complexity index is 1110. The molecule has 3 aromatic heterocycles. The summed E-state index contributed by atoms with van der Waals surface area (Å²) in [6, 6.07) is 10.5. The van der Waals surface area contributed by atoms with Crippen molar-refractivity contribution in [1.29, 1.82) is 0 Å². The first kappa shape index (κ1) is 17.4. The van der Waals surface area contributed by atoms with E-state index in [1.54, 1.807) is 29.8 Å². The lowest BCUT2D eigenvalue weighted by Crippen LogP contribution is -2.04. The zero-order valence-electron chi connectivity index (χ0n) is 14.0. The number of aromatic nitrogens is 3. The van der Waals surface area contributed by atoms with Gasteiger partial charge in [0.2, 0.25) is 5.88 Å². The third-order valence-electron chi connectivity index (χ3n) is 3.97. The predicted molar refractivity (Wildman–Crippen MR) is 97.6 cm³/mol. The van der Waals surface area contributed by atoms with Gasteiger partial charge in [0, 0.05) is 17.1 Å². The minimum atomic E-state index is -4.41. The Kier molecular flexibility index (Phi) is 4.27. The molecule has 4 nitrogen and oxygen atoms in total. The van der Waals surface area contributed by atoms with Crippen molar-refractivity contribution in [2.45, 2.75) is 6.18 Å². The Morgan fingerprint density at radius 2 is 1.89 bits per heavy atom. The molecule has 136 valence electrons. The second-order valence-corrected chi connectivity index (χ2v) is 6.56. The van der Waals surface area contributed by atoms with Gasteiger partial charge >= 0.3 is 6.18 Å². The molecule has 0 atom stereocenters. The normalized spacial score (nSPS) is 11.7. The van der Waals surface area contributed by atoms with E-state index in [0.717, 1.165) is 12.1 Å². The monoisotopic (exact) mass is 387 g/mol. The van der Waals surface area contributed by atoms with E-state index in [9.17, 15) is 13.2 Å². The Balaban J connectivity index is 1.93. The van der Waals surface area contributed by atoms with Gasteiger partial charge in [0.25, 0.3) is 0 Å². The van der Waals surface area contributed by atoms with Crippen molar-refractivity contribution in [2.24, 2.45) is 0 Å². The van der Waals surface area contributed by atoms with Gasteiger partial charge in [-0.05, 0) is 29.8 Å². The second-order valence-electron chi connectivity index (χ2n) is 5.68. The van der Waals surface area contributed by atoms with E-state index in [2.05, 4.69) is 15.0 Å². The molecule has 0 fully saturated rings. The molecule has 0 aliphatic carbocycles. The van der Waals surface area contributed by atoms with E-state index in [0.29, 0.717) is 38.7 Å². The smallest absolute Gasteiger partial charge is 0.416 e. The number of hydrogen-bond acceptors (Lipinski definition) is 5. The van der Waals surface area contributed by atoms with Crippen molar-refractivity contribution in [3.05, 3.63) is 59.6 Å². The molecule has 4 rings (SSSR count). The highest BCUT2D eigenvalue weighted by Crippen LogP contribution is 2.39. The van der Waals surface area contributed by atoms with Crippen LogP contribution in [0.25, 0.3) is 32.9 Å². The SMILES string of the molecule is COc1nc(-c2ccccn2)nc2c(-c3cccc(C(F)(F)F)c3)csc12. The average Bonchev–Trinajstić information content (AvgIpc) is 3.11. The minimum absolute atomic E-state index is 0.353. The number of hydrogen-bond donors (Lipinski definition) is 0. The zero-order valence-corrected chi connectivity index (χ0v) is 14.8. The van der Waals surface area contributed by atoms with Crippen LogP contribution in [0.4, 0.5) is 13.2 Å². The maximum Gasteiger partial charge on any atom is 0.416 e. The van der Waals surface area contributed by atoms with Crippen molar-refractivity contribution >= 4 is 21.6 Å². The van der Waals surface area contributed by atoms with Crippen LogP contribution in [0.3, 0.4) is 0 Å². The average molecular weight is 387 g/mol. The van der Waals surface area contributed by atoms with Crippen molar-refractivity contribution in [3.63, 3.8) is 0 Å². The van der Waals surface area contributed by atoms with Crippen molar-refractivity contribution < 1.29 is 17.9 Å².